The van der Waals surface area contributed by atoms with Crippen LogP contribution in [0.2, 0.25) is 5.02 Å². The molecule has 0 spiro atoms. The molecule has 0 aliphatic carbocycles. The van der Waals surface area contributed by atoms with Gasteiger partial charge in [-0.05, 0) is 24.1 Å². The van der Waals surface area contributed by atoms with E-state index >= 15 is 0 Å². The zero-order valence-corrected chi connectivity index (χ0v) is 13.5. The Hall–Kier alpha value is -1.67. The van der Waals surface area contributed by atoms with E-state index in [2.05, 4.69) is 0 Å². The van der Waals surface area contributed by atoms with E-state index in [1.54, 1.807) is 13.0 Å². The van der Waals surface area contributed by atoms with Gasteiger partial charge in [-0.3, -0.25) is 14.9 Å². The van der Waals surface area contributed by atoms with Gasteiger partial charge in [-0.2, -0.15) is 0 Å². The van der Waals surface area contributed by atoms with Crippen LogP contribution in [0.15, 0.2) is 18.2 Å². The Morgan fingerprint density at radius 3 is 2.64 bits per heavy atom. The van der Waals surface area contributed by atoms with Crippen LogP contribution in [0, 0.1) is 10.1 Å². The summed E-state index contributed by atoms with van der Waals surface area (Å²) in [4.78, 5) is 21.8. The van der Waals surface area contributed by atoms with Gasteiger partial charge in [0.25, 0.3) is 0 Å². The van der Waals surface area contributed by atoms with E-state index in [1.807, 2.05) is 0 Å². The van der Waals surface area contributed by atoms with E-state index in [1.165, 1.54) is 12.1 Å². The molecule has 0 N–H and O–H groups in total. The molecule has 1 unspecified atom stereocenters. The zero-order chi connectivity index (χ0) is 16.7. The van der Waals surface area contributed by atoms with Crippen molar-refractivity contribution in [1.82, 2.24) is 0 Å². The minimum Gasteiger partial charge on any atom is -0.466 e. The Morgan fingerprint density at radius 2 is 2.14 bits per heavy atom. The first-order valence-electron chi connectivity index (χ1n) is 6.51. The average Bonchev–Trinajstić information content (AvgIpc) is 2.39. The molecule has 0 aliphatic heterocycles. The summed E-state index contributed by atoms with van der Waals surface area (Å²) in [6.07, 6.45) is -0.139. The average molecular weight is 350 g/mol. The molecule has 7 nitrogen and oxygen atoms in total. The van der Waals surface area contributed by atoms with Crippen LogP contribution in [-0.2, 0) is 26.0 Å². The lowest BCUT2D eigenvalue weighted by Crippen LogP contribution is -2.18. The number of halogens is 1. The Bertz CT molecular complexity index is 623. The number of nitro groups is 1. The number of hydrogen-bond donors (Lipinski definition) is 1. The molecule has 0 aromatic heterocycles. The smallest absolute Gasteiger partial charge is 0.306 e. The van der Waals surface area contributed by atoms with E-state index in [-0.39, 0.29) is 23.8 Å². The van der Waals surface area contributed by atoms with Crippen LogP contribution in [0.3, 0.4) is 0 Å². The van der Waals surface area contributed by atoms with Crippen molar-refractivity contribution in [3.05, 3.63) is 44.5 Å². The van der Waals surface area contributed by atoms with Crippen LogP contribution in [0.5, 0.6) is 0 Å². The van der Waals surface area contributed by atoms with Gasteiger partial charge in [0.1, 0.15) is 10.7 Å². The molecule has 122 valence electrons. The largest absolute Gasteiger partial charge is 0.466 e. The van der Waals surface area contributed by atoms with E-state index < -0.39 is 34.1 Å². The second-order valence-corrected chi connectivity index (χ2v) is 5.95. The molecule has 1 atom stereocenters. The summed E-state index contributed by atoms with van der Waals surface area (Å²) in [6, 6.07) is 4.51. The van der Waals surface area contributed by atoms with Crippen molar-refractivity contribution < 1.29 is 22.9 Å². The molecule has 0 heterocycles. The molecule has 0 saturated carbocycles. The van der Waals surface area contributed by atoms with Crippen LogP contribution in [0.4, 0.5) is 0 Å². The zero-order valence-electron chi connectivity index (χ0n) is 11.9. The predicted molar refractivity (Wildman–Crippen MR) is 81.3 cm³/mol. The highest BCUT2D eigenvalue weighted by Crippen LogP contribution is 2.26. The molecular weight excluding hydrogens is 334 g/mol. The minimum absolute atomic E-state index is 0.139. The third kappa shape index (κ3) is 5.98. The number of thiol groups is 1. The predicted octanol–water partition coefficient (Wildman–Crippen LogP) is 1.76. The summed E-state index contributed by atoms with van der Waals surface area (Å²) in [5.74, 6) is -1.41. The quantitative estimate of drug-likeness (QED) is 0.332. The van der Waals surface area contributed by atoms with Crippen LogP contribution in [0.1, 0.15) is 30.4 Å². The van der Waals surface area contributed by atoms with Crippen LogP contribution in [0.25, 0.3) is 0 Å². The lowest BCUT2D eigenvalue weighted by atomic mass is 9.95. The van der Waals surface area contributed by atoms with Gasteiger partial charge in [0, 0.05) is 9.95 Å². The SMILES string of the molecule is CCOC(=O)CC(C[N+](=O)[O-])c1ccc(C[SH](=O)=O)c(Cl)c1. The molecule has 1 aromatic carbocycles. The van der Waals surface area contributed by atoms with Gasteiger partial charge in [-0.1, -0.05) is 23.7 Å². The van der Waals surface area contributed by atoms with Crippen molar-refractivity contribution in [2.45, 2.75) is 25.0 Å². The molecule has 0 radical (unpaired) electrons. The van der Waals surface area contributed by atoms with E-state index in [0.717, 1.165) is 0 Å². The molecular formula is C13H16ClNO6S. The number of ether oxygens (including phenoxy) is 1. The van der Waals surface area contributed by atoms with E-state index in [4.69, 9.17) is 16.3 Å². The number of esters is 1. The minimum atomic E-state index is -2.62. The summed E-state index contributed by atoms with van der Waals surface area (Å²) in [5.41, 5.74) is 0.914. The Labute approximate surface area is 134 Å². The standard InChI is InChI=1S/C13H16ClNO6S/c1-2-21-13(16)6-11(7-15(17)18)9-3-4-10(8-22(19)20)12(14)5-9/h3-5,11,22H,2,6-8H2,1H3. The van der Waals surface area contributed by atoms with E-state index in [0.29, 0.717) is 11.1 Å². The number of carbonyl (C=O) groups excluding carboxylic acids is 1. The molecule has 1 aromatic rings. The Morgan fingerprint density at radius 1 is 1.45 bits per heavy atom. The van der Waals surface area contributed by atoms with Crippen LogP contribution >= 0.6 is 11.6 Å². The number of rotatable bonds is 8. The molecule has 0 fully saturated rings. The number of hydrogen-bond acceptors (Lipinski definition) is 6. The molecule has 0 bridgehead atoms. The number of benzene rings is 1. The highest BCUT2D eigenvalue weighted by atomic mass is 35.5. The first-order valence-corrected chi connectivity index (χ1v) is 8.25. The molecule has 0 saturated heterocycles. The molecule has 9 heteroatoms. The van der Waals surface area contributed by atoms with Gasteiger partial charge >= 0.3 is 5.97 Å². The van der Waals surface area contributed by atoms with Crippen LogP contribution < -0.4 is 0 Å². The van der Waals surface area contributed by atoms with Gasteiger partial charge in [0.05, 0.1) is 24.7 Å². The first kappa shape index (κ1) is 18.4. The third-order valence-corrected chi connectivity index (χ3v) is 3.89. The Balaban J connectivity index is 3.00. The van der Waals surface area contributed by atoms with Crippen molar-refractivity contribution in [3.8, 4) is 0 Å². The summed E-state index contributed by atoms with van der Waals surface area (Å²) < 4.78 is 26.3. The van der Waals surface area contributed by atoms with Crippen molar-refractivity contribution in [3.63, 3.8) is 0 Å². The molecule has 22 heavy (non-hydrogen) atoms. The summed E-state index contributed by atoms with van der Waals surface area (Å²) in [6.45, 7) is 1.40. The summed E-state index contributed by atoms with van der Waals surface area (Å²) in [7, 11) is -2.62. The maximum atomic E-state index is 11.5. The number of nitrogens with zero attached hydrogens (tertiary/aromatic N) is 1. The normalized spacial score (nSPS) is 12.1. The lowest BCUT2D eigenvalue weighted by molar-refractivity contribution is -0.483. The Kier molecular flexibility index (Phi) is 7.26. The second kappa shape index (κ2) is 8.70. The van der Waals surface area contributed by atoms with Gasteiger partial charge in [-0.25, -0.2) is 8.42 Å². The van der Waals surface area contributed by atoms with Crippen molar-refractivity contribution in [1.29, 1.82) is 0 Å². The van der Waals surface area contributed by atoms with E-state index in [9.17, 15) is 23.3 Å². The maximum absolute atomic E-state index is 11.5. The van der Waals surface area contributed by atoms with Crippen molar-refractivity contribution >= 4 is 28.3 Å². The van der Waals surface area contributed by atoms with Gasteiger partial charge < -0.3 is 4.74 Å². The highest BCUT2D eigenvalue weighted by molar-refractivity contribution is 7.71. The topological polar surface area (TPSA) is 104 Å². The second-order valence-electron chi connectivity index (χ2n) is 4.56. The van der Waals surface area contributed by atoms with Gasteiger partial charge in [0.2, 0.25) is 6.54 Å². The third-order valence-electron chi connectivity index (χ3n) is 2.94. The number of carbonyl (C=O) groups is 1. The van der Waals surface area contributed by atoms with Crippen molar-refractivity contribution in [2.24, 2.45) is 0 Å². The van der Waals surface area contributed by atoms with Crippen molar-refractivity contribution in [2.75, 3.05) is 13.2 Å². The first-order chi connectivity index (χ1) is 10.3. The molecule has 1 rings (SSSR count). The summed E-state index contributed by atoms with van der Waals surface area (Å²) >= 11 is 6.00. The fraction of sp³-hybridized carbons (Fsp3) is 0.462. The molecule has 0 amide bonds. The lowest BCUT2D eigenvalue weighted by Gasteiger charge is -2.14. The maximum Gasteiger partial charge on any atom is 0.306 e. The summed E-state index contributed by atoms with van der Waals surface area (Å²) in [5, 5.41) is 11.0. The monoisotopic (exact) mass is 349 g/mol. The van der Waals surface area contributed by atoms with Gasteiger partial charge in [-0.15, -0.1) is 0 Å². The van der Waals surface area contributed by atoms with Gasteiger partial charge in [0.15, 0.2) is 0 Å². The fourth-order valence-corrected chi connectivity index (χ4v) is 2.88. The molecule has 0 aliphatic rings. The highest BCUT2D eigenvalue weighted by Gasteiger charge is 2.23. The van der Waals surface area contributed by atoms with Crippen LogP contribution in [-0.4, -0.2) is 32.5 Å². The fourth-order valence-electron chi connectivity index (χ4n) is 1.97.